The molecular weight excluding hydrogens is 308 g/mol. The Bertz CT molecular complexity index is 328. The number of nitrogens with two attached hydrogens (primary N) is 1. The predicted molar refractivity (Wildman–Crippen MR) is 73.9 cm³/mol. The van der Waals surface area contributed by atoms with Crippen molar-refractivity contribution in [3.63, 3.8) is 0 Å². The monoisotopic (exact) mass is 322 g/mol. The molecule has 0 aliphatic carbocycles. The molecule has 2 heterocycles. The summed E-state index contributed by atoms with van der Waals surface area (Å²) in [4.78, 5) is 1.33. The lowest BCUT2D eigenvalue weighted by Crippen LogP contribution is -2.49. The minimum Gasteiger partial charge on any atom is -0.375 e. The molecular formula is C10H15BrN2OS2. The highest BCUT2D eigenvalue weighted by molar-refractivity contribution is 9.11. The standard InChI is InChI=1S/C10H15BrN2OS2/c11-10-2-1-7(16-10)5-8(13-12)9-6-15-4-3-14-9/h1-2,8-9,13H,3-6,12H2. The fraction of sp³-hybridized carbons (Fsp3) is 0.600. The van der Waals surface area contributed by atoms with Gasteiger partial charge in [0.25, 0.3) is 0 Å². The van der Waals surface area contributed by atoms with Crippen LogP contribution in [0, 0.1) is 0 Å². The highest BCUT2D eigenvalue weighted by atomic mass is 79.9. The number of rotatable bonds is 4. The molecule has 0 amide bonds. The van der Waals surface area contributed by atoms with Crippen molar-refractivity contribution in [3.8, 4) is 0 Å². The van der Waals surface area contributed by atoms with E-state index in [1.54, 1.807) is 11.3 Å². The molecule has 16 heavy (non-hydrogen) atoms. The third kappa shape index (κ3) is 3.45. The molecule has 3 nitrogen and oxygen atoms in total. The maximum Gasteiger partial charge on any atom is 0.0835 e. The average molecular weight is 323 g/mol. The molecule has 0 radical (unpaired) electrons. The second-order valence-corrected chi connectivity index (χ2v) is 7.36. The van der Waals surface area contributed by atoms with Crippen molar-refractivity contribution in [1.29, 1.82) is 0 Å². The summed E-state index contributed by atoms with van der Waals surface area (Å²) in [6.07, 6.45) is 1.16. The molecule has 0 aromatic carbocycles. The van der Waals surface area contributed by atoms with Crippen LogP contribution in [-0.2, 0) is 11.2 Å². The van der Waals surface area contributed by atoms with Crippen LogP contribution in [0.4, 0.5) is 0 Å². The third-order valence-corrected chi connectivity index (χ3v) is 5.22. The van der Waals surface area contributed by atoms with E-state index in [2.05, 4.69) is 33.5 Å². The normalized spacial score (nSPS) is 23.2. The summed E-state index contributed by atoms with van der Waals surface area (Å²) in [5.41, 5.74) is 2.88. The van der Waals surface area contributed by atoms with Gasteiger partial charge < -0.3 is 4.74 Å². The van der Waals surface area contributed by atoms with Gasteiger partial charge in [0.1, 0.15) is 0 Å². The SMILES string of the molecule is NNC(Cc1ccc(Br)s1)C1CSCCO1. The average Bonchev–Trinajstić information content (AvgIpc) is 2.73. The number of hydrogen-bond donors (Lipinski definition) is 2. The number of nitrogens with one attached hydrogen (secondary N) is 1. The molecule has 0 saturated carbocycles. The van der Waals surface area contributed by atoms with E-state index in [9.17, 15) is 0 Å². The van der Waals surface area contributed by atoms with Gasteiger partial charge in [-0.05, 0) is 28.1 Å². The molecule has 1 aromatic rings. The highest BCUT2D eigenvalue weighted by Crippen LogP contribution is 2.25. The van der Waals surface area contributed by atoms with E-state index in [-0.39, 0.29) is 12.1 Å². The van der Waals surface area contributed by atoms with E-state index >= 15 is 0 Å². The Morgan fingerprint density at radius 3 is 3.06 bits per heavy atom. The van der Waals surface area contributed by atoms with Gasteiger partial charge >= 0.3 is 0 Å². The molecule has 1 fully saturated rings. The molecule has 2 rings (SSSR count). The molecule has 0 spiro atoms. The highest BCUT2D eigenvalue weighted by Gasteiger charge is 2.24. The molecule has 1 aliphatic rings. The van der Waals surface area contributed by atoms with E-state index in [1.807, 2.05) is 11.8 Å². The lowest BCUT2D eigenvalue weighted by atomic mass is 10.1. The zero-order valence-electron chi connectivity index (χ0n) is 8.82. The fourth-order valence-electron chi connectivity index (χ4n) is 1.71. The van der Waals surface area contributed by atoms with Crippen molar-refractivity contribution in [3.05, 3.63) is 20.8 Å². The van der Waals surface area contributed by atoms with Crippen LogP contribution < -0.4 is 11.3 Å². The molecule has 90 valence electrons. The zero-order chi connectivity index (χ0) is 11.4. The summed E-state index contributed by atoms with van der Waals surface area (Å²) in [6, 6.07) is 4.41. The first-order chi connectivity index (χ1) is 7.79. The third-order valence-electron chi connectivity index (χ3n) is 2.55. The van der Waals surface area contributed by atoms with Crippen LogP contribution >= 0.6 is 39.0 Å². The first-order valence-corrected chi connectivity index (χ1v) is 7.95. The van der Waals surface area contributed by atoms with Crippen molar-refractivity contribution < 1.29 is 4.74 Å². The molecule has 1 aromatic heterocycles. The van der Waals surface area contributed by atoms with Crippen molar-refractivity contribution >= 4 is 39.0 Å². The maximum atomic E-state index is 5.74. The number of thioether (sulfide) groups is 1. The summed E-state index contributed by atoms with van der Waals surface area (Å²) in [5, 5.41) is 0. The Morgan fingerprint density at radius 2 is 2.50 bits per heavy atom. The zero-order valence-corrected chi connectivity index (χ0v) is 12.0. The number of thiophene rings is 1. The summed E-state index contributed by atoms with van der Waals surface area (Å²) in [6.45, 7) is 0.835. The largest absolute Gasteiger partial charge is 0.375 e. The van der Waals surface area contributed by atoms with Crippen molar-refractivity contribution in [2.24, 2.45) is 5.84 Å². The Kier molecular flexibility index (Phi) is 5.12. The summed E-state index contributed by atoms with van der Waals surface area (Å²) >= 11 is 7.16. The van der Waals surface area contributed by atoms with Gasteiger partial charge in [-0.25, -0.2) is 0 Å². The van der Waals surface area contributed by atoms with Crippen molar-refractivity contribution in [2.45, 2.75) is 18.6 Å². The van der Waals surface area contributed by atoms with E-state index < -0.39 is 0 Å². The van der Waals surface area contributed by atoms with E-state index in [0.29, 0.717) is 0 Å². The van der Waals surface area contributed by atoms with Crippen LogP contribution in [0.15, 0.2) is 15.9 Å². The summed E-state index contributed by atoms with van der Waals surface area (Å²) < 4.78 is 6.90. The van der Waals surface area contributed by atoms with Crippen LogP contribution in [0.25, 0.3) is 0 Å². The fourth-order valence-corrected chi connectivity index (χ4v) is 4.20. The van der Waals surface area contributed by atoms with E-state index in [1.165, 1.54) is 4.88 Å². The molecule has 2 unspecified atom stereocenters. The van der Waals surface area contributed by atoms with Crippen LogP contribution in [0.5, 0.6) is 0 Å². The number of hydrogen-bond acceptors (Lipinski definition) is 5. The summed E-state index contributed by atoms with van der Waals surface area (Å²) in [7, 11) is 0. The number of halogens is 1. The molecule has 3 N–H and O–H groups in total. The van der Waals surface area contributed by atoms with Gasteiger partial charge in [0.2, 0.25) is 0 Å². The first-order valence-electron chi connectivity index (χ1n) is 5.19. The van der Waals surface area contributed by atoms with Crippen LogP contribution in [0.1, 0.15) is 4.88 Å². The Balaban J connectivity index is 1.94. The number of ether oxygens (including phenoxy) is 1. The Morgan fingerprint density at radius 1 is 1.62 bits per heavy atom. The van der Waals surface area contributed by atoms with Gasteiger partial charge in [-0.1, -0.05) is 0 Å². The molecule has 1 aliphatic heterocycles. The second kappa shape index (κ2) is 6.37. The van der Waals surface area contributed by atoms with Gasteiger partial charge in [0, 0.05) is 22.8 Å². The van der Waals surface area contributed by atoms with Crippen LogP contribution in [0.2, 0.25) is 0 Å². The number of hydrazine groups is 1. The van der Waals surface area contributed by atoms with Crippen LogP contribution in [0.3, 0.4) is 0 Å². The molecule has 1 saturated heterocycles. The Hall–Kier alpha value is 0.410. The van der Waals surface area contributed by atoms with Crippen LogP contribution in [-0.4, -0.2) is 30.3 Å². The van der Waals surface area contributed by atoms with Crippen molar-refractivity contribution in [1.82, 2.24) is 5.43 Å². The quantitative estimate of drug-likeness (QED) is 0.657. The topological polar surface area (TPSA) is 47.3 Å². The van der Waals surface area contributed by atoms with Gasteiger partial charge in [0.05, 0.1) is 22.5 Å². The lowest BCUT2D eigenvalue weighted by Gasteiger charge is -2.29. The minimum atomic E-state index is 0.207. The van der Waals surface area contributed by atoms with Gasteiger partial charge in [-0.15, -0.1) is 11.3 Å². The van der Waals surface area contributed by atoms with E-state index in [4.69, 9.17) is 10.6 Å². The van der Waals surface area contributed by atoms with Gasteiger partial charge in [-0.3, -0.25) is 11.3 Å². The first kappa shape index (κ1) is 12.9. The smallest absolute Gasteiger partial charge is 0.0835 e. The molecule has 2 atom stereocenters. The minimum absolute atomic E-state index is 0.207. The Labute approximate surface area is 112 Å². The molecule has 0 bridgehead atoms. The lowest BCUT2D eigenvalue weighted by molar-refractivity contribution is 0.0474. The van der Waals surface area contributed by atoms with Gasteiger partial charge in [-0.2, -0.15) is 11.8 Å². The van der Waals surface area contributed by atoms with Crippen molar-refractivity contribution in [2.75, 3.05) is 18.1 Å². The van der Waals surface area contributed by atoms with E-state index in [0.717, 1.165) is 28.3 Å². The second-order valence-electron chi connectivity index (χ2n) is 3.67. The molecule has 6 heteroatoms. The maximum absolute atomic E-state index is 5.74. The van der Waals surface area contributed by atoms with Gasteiger partial charge in [0.15, 0.2) is 0 Å². The predicted octanol–water partition coefficient (Wildman–Crippen LogP) is 2.02. The summed E-state index contributed by atoms with van der Waals surface area (Å²) in [5.74, 6) is 7.74.